The largest absolute Gasteiger partial charge is 1.00 e. The van der Waals surface area contributed by atoms with Gasteiger partial charge in [0.05, 0.1) is 26.4 Å². The third-order valence-corrected chi connectivity index (χ3v) is 23.2. The van der Waals surface area contributed by atoms with Crippen molar-refractivity contribution in [2.24, 2.45) is 0 Å². The van der Waals surface area contributed by atoms with Crippen LogP contribution in [0.4, 0.5) is 17.1 Å². The van der Waals surface area contributed by atoms with Crippen LogP contribution in [0.25, 0.3) is 32.7 Å². The van der Waals surface area contributed by atoms with E-state index in [-0.39, 0.29) is 191 Å². The maximum absolute atomic E-state index is 14.4. The molecule has 0 unspecified atom stereocenters. The second-order valence-electron chi connectivity index (χ2n) is 36.8. The number of phenolic OH excluding ortho intramolecular Hbond substituents is 1. The van der Waals surface area contributed by atoms with Gasteiger partial charge in [-0.1, -0.05) is 312 Å². The van der Waals surface area contributed by atoms with Crippen molar-refractivity contribution >= 4 is 91.5 Å². The van der Waals surface area contributed by atoms with Gasteiger partial charge < -0.3 is 75.9 Å². The summed E-state index contributed by atoms with van der Waals surface area (Å²) in [6.45, 7) is 38.9. The molecule has 0 aliphatic rings. The molecule has 13 aromatic rings. The number of carbonyl (C=O) groups excluding carboxylic acids is 3. The molecule has 0 saturated heterocycles. The monoisotopic (exact) mass is 2010 g/mol. The summed E-state index contributed by atoms with van der Waals surface area (Å²) in [6.07, 6.45) is 4.18. The molecular formula is C106H132N6Na2O17P3Pd-. The van der Waals surface area contributed by atoms with Crippen molar-refractivity contribution < 1.29 is 145 Å². The second-order valence-corrected chi connectivity index (χ2v) is 40.9. The Balaban J connectivity index is 0.000000624. The van der Waals surface area contributed by atoms with E-state index in [2.05, 4.69) is 55.2 Å². The number of para-hydroxylation sites is 3. The number of carbonyl (C=O) groups is 3. The summed E-state index contributed by atoms with van der Waals surface area (Å²) in [7, 11) is -10.4. The van der Waals surface area contributed by atoms with E-state index < -0.39 is 68.8 Å². The van der Waals surface area contributed by atoms with Crippen LogP contribution in [0, 0.1) is 7.43 Å². The zero-order valence-electron chi connectivity index (χ0n) is 78.6. The molecule has 29 heteroatoms. The molecule has 0 saturated carbocycles. The van der Waals surface area contributed by atoms with Crippen molar-refractivity contribution in [1.29, 1.82) is 0 Å². The van der Waals surface area contributed by atoms with E-state index in [1.165, 1.54) is 35.8 Å². The van der Waals surface area contributed by atoms with Crippen LogP contribution in [0.1, 0.15) is 241 Å². The van der Waals surface area contributed by atoms with Crippen LogP contribution in [0.2, 0.25) is 0 Å². The van der Waals surface area contributed by atoms with Gasteiger partial charge in [0.25, 0.3) is 17.7 Å². The number of benzene rings is 10. The molecule has 0 fully saturated rings. The minimum absolute atomic E-state index is 0. The Bertz CT molecular complexity index is 6290. The van der Waals surface area contributed by atoms with E-state index in [9.17, 15) is 52.8 Å². The van der Waals surface area contributed by atoms with Crippen molar-refractivity contribution in [3.05, 3.63) is 360 Å². The summed E-state index contributed by atoms with van der Waals surface area (Å²) in [5.74, 6) is -1.57. The first-order valence-electron chi connectivity index (χ1n) is 41.5. The molecule has 13 rings (SSSR count). The van der Waals surface area contributed by atoms with Crippen LogP contribution < -0.4 is 110 Å². The van der Waals surface area contributed by atoms with Crippen LogP contribution in [0.3, 0.4) is 0 Å². The number of hydrogen-bond acceptors (Lipinski definition) is 17. The molecule has 0 aliphatic heterocycles. The summed E-state index contributed by atoms with van der Waals surface area (Å²) in [4.78, 5) is 110. The van der Waals surface area contributed by atoms with E-state index in [0.717, 1.165) is 33.4 Å². The SMILES string of the molecule is C.C.C.C.CC(C)(C)c1cc(C(C)(C)C)c(NC(=O)c2c[nH]c3ccccc3c2=O)cc1O.CC(C)(C)c1cc(C(C)(C)C)c(OP(=O)(OCc2ccccc2)OCc2ccccc2)cc1NC(=O)c1c[nH]c2ccccc2c1=O.CC(C)(C)c1cc(C(C)(C)C)c(OP(=O)([O-])[O-])cc1NC(=O)c1c[nH]c2ccccc2c1=O.CP(OCc1ccccc1)OCc1ccccc1.[CH3-].[Na+].[Na+].[Pd]. The maximum Gasteiger partial charge on any atom is 1.00 e. The Morgan fingerprint density at radius 1 is 0.363 bits per heavy atom. The number of H-pyrrole nitrogens is 3. The van der Waals surface area contributed by atoms with Crippen LogP contribution in [-0.4, -0.2) is 44.4 Å². The summed E-state index contributed by atoms with van der Waals surface area (Å²) in [5.41, 5.74) is 7.80. The number of aromatic hydroxyl groups is 1. The molecule has 0 spiro atoms. The fourth-order valence-corrected chi connectivity index (χ4v) is 16.0. The van der Waals surface area contributed by atoms with Crippen LogP contribution >= 0.6 is 24.0 Å². The van der Waals surface area contributed by atoms with Gasteiger partial charge in [0.2, 0.25) is 16.3 Å². The number of aromatic amines is 3. The van der Waals surface area contributed by atoms with Gasteiger partial charge in [-0.15, -0.1) is 0 Å². The molecule has 0 bridgehead atoms. The maximum atomic E-state index is 14.4. The van der Waals surface area contributed by atoms with Gasteiger partial charge in [-0.2, -0.15) is 0 Å². The topological polar surface area (TPSA) is 342 Å². The molecule has 7 N–H and O–H groups in total. The number of phenols is 1. The Labute approximate surface area is 856 Å². The van der Waals surface area contributed by atoms with Crippen LogP contribution in [0.15, 0.2) is 263 Å². The van der Waals surface area contributed by atoms with Gasteiger partial charge >= 0.3 is 66.9 Å². The quantitative estimate of drug-likeness (QED) is 0.0188. The predicted molar refractivity (Wildman–Crippen MR) is 538 cm³/mol. The number of fused-ring (bicyclic) bond motifs is 3. The van der Waals surface area contributed by atoms with Gasteiger partial charge in [0, 0.05) is 125 Å². The van der Waals surface area contributed by atoms with Crippen LogP contribution in [-0.2, 0) is 107 Å². The van der Waals surface area contributed by atoms with E-state index in [0.29, 0.717) is 68.4 Å². The number of anilines is 3. The van der Waals surface area contributed by atoms with Gasteiger partial charge in [0.1, 0.15) is 41.8 Å². The Hall–Kier alpha value is -9.05. The molecule has 10 aromatic carbocycles. The molecule has 3 aromatic heterocycles. The summed E-state index contributed by atoms with van der Waals surface area (Å²) < 4.78 is 60.1. The Morgan fingerprint density at radius 3 is 0.881 bits per heavy atom. The van der Waals surface area contributed by atoms with Gasteiger partial charge in [-0.3, -0.25) is 37.8 Å². The zero-order valence-corrected chi connectivity index (χ0v) is 86.9. The average molecular weight is 2010 g/mol. The number of rotatable bonds is 22. The zero-order chi connectivity index (χ0) is 92.8. The number of hydrogen-bond donors (Lipinski definition) is 7. The van der Waals surface area contributed by atoms with Crippen LogP contribution in [0.5, 0.6) is 17.2 Å². The first-order chi connectivity index (χ1) is 59.5. The summed E-state index contributed by atoms with van der Waals surface area (Å²) >= 11 is 0. The van der Waals surface area contributed by atoms with Crippen molar-refractivity contribution in [3.8, 4) is 17.2 Å². The summed E-state index contributed by atoms with van der Waals surface area (Å²) in [5, 5.41) is 20.3. The standard InChI is InChI=1S/C38H41N2O6P.C24H29N2O6P.C24H28N2O3.C15H17O2P.4CH4.CH3.2Na.Pd/c1-37(2,3)30-21-31(38(4,5)6)34(22-33(30)40-36(42)29-23-39-32-20-14-13-19-28(32)35(29)41)46-47(43,44-24-26-15-9-7-10-16-26)45-25-27-17-11-8-12-18-27;1-23(2,3)16-11-17(24(4,5)6)20(32-33(29,30)31)12-19(16)26-22(28)15-13-25-18-10-8-7-9-14(18)21(15)27;1-23(2,3)16-11-17(24(4,5)6)20(27)12-19(16)26-22(29)15-13-25-18-10-8-7-9-14(18)21(15)28;1-18(16-12-14-8-4-2-5-9-14)17-13-15-10-6-3-7-11-15;;;;;;;;/h7-23H,24-25H2,1-6H3,(H,39,41)(H,40,42);7-13H,1-6H3,(H,25,27)(H,26,28)(H2,29,30,31);7-13,27H,1-6H3,(H,25,28)(H,26,29);2-11H,12-13H2,1H3;4*1H4;1H3;;;/q;;;;;;;;-1;2*+1;/p-2. The molecule has 0 aliphatic carbocycles. The van der Waals surface area contributed by atoms with Crippen molar-refractivity contribution in [2.45, 2.75) is 213 Å². The van der Waals surface area contributed by atoms with E-state index in [1.807, 2.05) is 253 Å². The molecule has 3 heterocycles. The van der Waals surface area contributed by atoms with Crippen molar-refractivity contribution in [1.82, 2.24) is 15.0 Å². The number of pyridine rings is 3. The second kappa shape index (κ2) is 52.1. The average Bonchev–Trinajstić information content (AvgIpc) is 0.782. The molecule has 0 radical (unpaired) electrons. The van der Waals surface area contributed by atoms with Gasteiger partial charge in [-0.05, 0) is 132 Å². The first-order valence-corrected chi connectivity index (χ1v) is 46.1. The molecule has 23 nitrogen and oxygen atoms in total. The van der Waals surface area contributed by atoms with E-state index in [4.69, 9.17) is 27.1 Å². The minimum atomic E-state index is -5.35. The molecule has 716 valence electrons. The normalized spacial score (nSPS) is 11.4. The fraction of sp³-hybridized carbons (Fsp3) is 0.311. The third-order valence-electron chi connectivity index (χ3n) is 20.5. The molecule has 0 atom stereocenters. The molecule has 3 amide bonds. The van der Waals surface area contributed by atoms with E-state index in [1.54, 1.807) is 78.9 Å². The Morgan fingerprint density at radius 2 is 0.607 bits per heavy atom. The van der Waals surface area contributed by atoms with Gasteiger partial charge in [0.15, 0.2) is 8.38 Å². The third kappa shape index (κ3) is 34.2. The Kier molecular flexibility index (Phi) is 47.1. The first kappa shape index (κ1) is 122. The molecule has 135 heavy (non-hydrogen) atoms. The number of phosphoric ester groups is 2. The number of aromatic nitrogens is 3. The van der Waals surface area contributed by atoms with E-state index >= 15 is 0 Å². The van der Waals surface area contributed by atoms with Crippen molar-refractivity contribution in [2.75, 3.05) is 22.6 Å². The summed E-state index contributed by atoms with van der Waals surface area (Å²) in [6, 6.07) is 70.1. The number of phosphoric acid groups is 2. The number of amides is 3. The fourth-order valence-electron chi connectivity index (χ4n) is 13.7. The van der Waals surface area contributed by atoms with Gasteiger partial charge in [-0.25, -0.2) is 4.57 Å². The number of nitrogens with one attached hydrogen (secondary N) is 6. The predicted octanol–water partition coefficient (Wildman–Crippen LogP) is 19.3. The smallest absolute Gasteiger partial charge is 0.780 e. The molecular weight excluding hydrogens is 1870 g/mol. The van der Waals surface area contributed by atoms with Crippen molar-refractivity contribution in [3.63, 3.8) is 0 Å². The minimum Gasteiger partial charge on any atom is -0.780 e.